The molecule has 1 amide bonds. The minimum atomic E-state index is -2.21. The van der Waals surface area contributed by atoms with Crippen molar-refractivity contribution in [2.75, 3.05) is 13.7 Å². The molecule has 15 nitrogen and oxygen atoms in total. The third kappa shape index (κ3) is 7.08. The van der Waals surface area contributed by atoms with Gasteiger partial charge < -0.3 is 49.1 Å². The molecule has 5 aliphatic rings. The number of fused-ring (bicyclic) bond motifs is 13. The van der Waals surface area contributed by atoms with Gasteiger partial charge in [-0.3, -0.25) is 19.2 Å². The molecular weight excluding hydrogens is 706 g/mol. The zero-order chi connectivity index (χ0) is 40.0. The quantitative estimate of drug-likeness (QED) is 0.320. The minimum absolute atomic E-state index is 0.00812. The summed E-state index contributed by atoms with van der Waals surface area (Å²) >= 11 is 0. The van der Waals surface area contributed by atoms with Crippen LogP contribution in [0.5, 0.6) is 11.5 Å². The molecule has 0 aromatic heterocycles. The zero-order valence-corrected chi connectivity index (χ0v) is 31.6. The number of ether oxygens (including phenoxy) is 6. The number of benzene rings is 1. The first-order valence-corrected chi connectivity index (χ1v) is 17.6. The number of aliphatic hydroxyl groups is 2. The van der Waals surface area contributed by atoms with Crippen LogP contribution in [0.25, 0.3) is 0 Å². The summed E-state index contributed by atoms with van der Waals surface area (Å²) in [5.74, 6) is -11.4. The first-order chi connectivity index (χ1) is 25.3. The largest absolute Gasteiger partial charge is 0.507 e. The number of nitrogens with one attached hydrogen (secondary N) is 1. The van der Waals surface area contributed by atoms with Crippen LogP contribution in [0.2, 0.25) is 0 Å². The van der Waals surface area contributed by atoms with Gasteiger partial charge in [0, 0.05) is 61.8 Å². The van der Waals surface area contributed by atoms with Crippen molar-refractivity contribution in [2.24, 2.45) is 23.7 Å². The summed E-state index contributed by atoms with van der Waals surface area (Å²) < 4.78 is 34.8. The van der Waals surface area contributed by atoms with Crippen LogP contribution in [0.3, 0.4) is 0 Å². The topological polar surface area (TPSA) is 213 Å². The van der Waals surface area contributed by atoms with Crippen molar-refractivity contribution in [3.05, 3.63) is 70.2 Å². The summed E-state index contributed by atoms with van der Waals surface area (Å²) in [6.07, 6.45) is 4.41. The molecule has 6 rings (SSSR count). The molecule has 1 spiro atoms. The van der Waals surface area contributed by atoms with E-state index in [1.807, 2.05) is 0 Å². The van der Waals surface area contributed by atoms with Gasteiger partial charge in [0.15, 0.2) is 0 Å². The number of hydrogen-bond donors (Lipinski definition) is 4. The number of phenolic OH excluding ortho intramolecular Hbond substituents is 1. The Kier molecular flexibility index (Phi) is 11.3. The van der Waals surface area contributed by atoms with E-state index in [9.17, 15) is 39.3 Å². The maximum absolute atomic E-state index is 14.3. The fourth-order valence-electron chi connectivity index (χ4n) is 7.37. The summed E-state index contributed by atoms with van der Waals surface area (Å²) in [5.41, 5.74) is -1.23. The fraction of sp³-hybridized carbons (Fsp3) is 0.513. The van der Waals surface area contributed by atoms with Gasteiger partial charge in [0.05, 0.1) is 47.0 Å². The van der Waals surface area contributed by atoms with Gasteiger partial charge in [0.2, 0.25) is 5.78 Å². The van der Waals surface area contributed by atoms with Gasteiger partial charge in [-0.25, -0.2) is 4.79 Å². The van der Waals surface area contributed by atoms with Crippen molar-refractivity contribution in [3.63, 3.8) is 0 Å². The molecule has 1 aromatic carbocycles. The molecule has 4 aliphatic heterocycles. The van der Waals surface area contributed by atoms with E-state index in [-0.39, 0.29) is 33.7 Å². The third-order valence-electron chi connectivity index (χ3n) is 10.6. The predicted octanol–water partition coefficient (Wildman–Crippen LogP) is 3.17. The summed E-state index contributed by atoms with van der Waals surface area (Å²) in [5, 5.41) is 36.6. The van der Waals surface area contributed by atoms with Gasteiger partial charge in [-0.1, -0.05) is 45.9 Å². The Labute approximate surface area is 312 Å². The highest BCUT2D eigenvalue weighted by Crippen LogP contribution is 2.53. The van der Waals surface area contributed by atoms with Crippen LogP contribution in [-0.2, 0) is 43.9 Å². The van der Waals surface area contributed by atoms with Crippen molar-refractivity contribution in [2.45, 2.75) is 91.4 Å². The predicted molar refractivity (Wildman–Crippen MR) is 189 cm³/mol. The second kappa shape index (κ2) is 15.1. The van der Waals surface area contributed by atoms with Gasteiger partial charge in [-0.15, -0.1) is 0 Å². The Balaban J connectivity index is 1.66. The number of phenols is 1. The van der Waals surface area contributed by atoms with E-state index in [1.54, 1.807) is 39.8 Å². The zero-order valence-electron chi connectivity index (χ0n) is 31.6. The molecule has 5 bridgehead atoms. The molecule has 1 aromatic rings. The number of amides is 1. The standard InChI is InChI=1S/C39H47NO14/c1-17-11-10-12-18(2)37(48)40-24-15-39(51-16-26(42)53-39)29-27(33(24)46)32(45)22(6)35-28(29)36(47)38(8,54-35)50-14-13-25(49-9)19(3)34(52-23(7)41)21(5)31(44)20(4)30(17)43/h10-15,17,19-21,25,30-31,34,43-45H,16H2,1-9H3,(H,40,48)/b11-10+,14-13?,18-12?. The number of esters is 2. The molecule has 54 heavy (non-hydrogen) atoms. The van der Waals surface area contributed by atoms with Gasteiger partial charge in [-0.2, -0.15) is 0 Å². The lowest BCUT2D eigenvalue weighted by molar-refractivity contribution is -0.161. The second-order valence-corrected chi connectivity index (χ2v) is 14.4. The lowest BCUT2D eigenvalue weighted by Gasteiger charge is -2.38. The van der Waals surface area contributed by atoms with E-state index in [0.29, 0.717) is 0 Å². The van der Waals surface area contributed by atoms with E-state index in [2.05, 4.69) is 5.32 Å². The summed E-state index contributed by atoms with van der Waals surface area (Å²) in [7, 11) is 1.42. The highest BCUT2D eigenvalue weighted by Gasteiger charge is 2.58. The number of methoxy groups -OCH3 is 1. The van der Waals surface area contributed by atoms with E-state index >= 15 is 0 Å². The van der Waals surface area contributed by atoms with Crippen molar-refractivity contribution in [1.29, 1.82) is 0 Å². The molecule has 1 fully saturated rings. The summed E-state index contributed by atoms with van der Waals surface area (Å²) in [6, 6.07) is 0. The molecule has 1 aliphatic carbocycles. The van der Waals surface area contributed by atoms with Crippen molar-refractivity contribution in [1.82, 2.24) is 5.32 Å². The normalized spacial score (nSPS) is 35.1. The van der Waals surface area contributed by atoms with Crippen LogP contribution in [0.15, 0.2) is 47.9 Å². The van der Waals surface area contributed by atoms with E-state index < -0.39 is 107 Å². The lowest BCUT2D eigenvalue weighted by atomic mass is 9.78. The first-order valence-electron chi connectivity index (χ1n) is 17.6. The third-order valence-corrected chi connectivity index (χ3v) is 10.6. The fourth-order valence-corrected chi connectivity index (χ4v) is 7.37. The van der Waals surface area contributed by atoms with E-state index in [4.69, 9.17) is 28.4 Å². The molecule has 0 radical (unpaired) electrons. The number of carbonyl (C=O) groups is 5. The maximum Gasteiger partial charge on any atom is 0.335 e. The van der Waals surface area contributed by atoms with Crippen LogP contribution < -0.4 is 10.1 Å². The van der Waals surface area contributed by atoms with Gasteiger partial charge in [0.1, 0.15) is 24.2 Å². The molecule has 0 saturated carbocycles. The van der Waals surface area contributed by atoms with Gasteiger partial charge in [-0.05, 0) is 19.9 Å². The number of rotatable bonds is 2. The number of ketones is 2. The Morgan fingerprint density at radius 1 is 0.963 bits per heavy atom. The molecule has 1 saturated heterocycles. The summed E-state index contributed by atoms with van der Waals surface area (Å²) in [6.45, 7) is 11.7. The number of hydrogen-bond acceptors (Lipinski definition) is 14. The van der Waals surface area contributed by atoms with Gasteiger partial charge >= 0.3 is 17.7 Å². The van der Waals surface area contributed by atoms with E-state index in [0.717, 1.165) is 12.3 Å². The van der Waals surface area contributed by atoms with E-state index in [1.165, 1.54) is 47.0 Å². The Hall–Kier alpha value is -4.83. The van der Waals surface area contributed by atoms with Crippen LogP contribution in [0.4, 0.5) is 0 Å². The molecule has 10 atom stereocenters. The smallest absolute Gasteiger partial charge is 0.335 e. The maximum atomic E-state index is 14.3. The molecule has 4 heterocycles. The van der Waals surface area contributed by atoms with Crippen molar-refractivity contribution < 1.29 is 67.7 Å². The molecule has 4 N–H and O–H groups in total. The molecule has 15 heteroatoms. The van der Waals surface area contributed by atoms with Crippen LogP contribution in [0.1, 0.15) is 80.3 Å². The Bertz CT molecular complexity index is 1880. The lowest BCUT2D eigenvalue weighted by Crippen LogP contribution is -2.46. The SMILES string of the molecule is COC1C=COC2(C)Oc3c(C)c(O)c4c(c3C2=O)C2(C=C(NC(=O)C(C)=C/C=C/C(C)C(O)C(C)C(O)C(C)C(OC(C)=O)C1C)C4=O)OCC(=O)O2. The highest BCUT2D eigenvalue weighted by atomic mass is 16.8. The number of aliphatic hydroxyl groups excluding tert-OH is 2. The first kappa shape index (κ1) is 40.4. The number of aromatic hydroxyl groups is 1. The van der Waals surface area contributed by atoms with Crippen LogP contribution in [0, 0.1) is 30.6 Å². The molecule has 10 unspecified atom stereocenters. The van der Waals surface area contributed by atoms with Crippen LogP contribution >= 0.6 is 0 Å². The second-order valence-electron chi connectivity index (χ2n) is 14.4. The Morgan fingerprint density at radius 3 is 2.26 bits per heavy atom. The number of carbonyl (C=O) groups excluding carboxylic acids is 5. The number of allylic oxidation sites excluding steroid dienone is 3. The summed E-state index contributed by atoms with van der Waals surface area (Å²) in [4.78, 5) is 66.6. The van der Waals surface area contributed by atoms with Gasteiger partial charge in [0.25, 0.3) is 17.5 Å². The molecular formula is C39H47NO14. The average Bonchev–Trinajstić information content (AvgIpc) is 3.62. The Morgan fingerprint density at radius 2 is 1.65 bits per heavy atom. The monoisotopic (exact) mass is 753 g/mol. The van der Waals surface area contributed by atoms with Crippen LogP contribution in [-0.4, -0.2) is 88.7 Å². The molecule has 292 valence electrons. The van der Waals surface area contributed by atoms with Crippen molar-refractivity contribution in [3.8, 4) is 11.5 Å². The minimum Gasteiger partial charge on any atom is -0.507 e. The van der Waals surface area contributed by atoms with Crippen molar-refractivity contribution >= 4 is 29.4 Å². The highest BCUT2D eigenvalue weighted by molar-refractivity contribution is 6.19. The number of Topliss-reactive ketones (excluding diaryl/α,β-unsaturated/α-hetero) is 2. The average molecular weight is 754 g/mol.